The average Bonchev–Trinajstić information content (AvgIpc) is 2.68. The van der Waals surface area contributed by atoms with Crippen molar-refractivity contribution in [2.45, 2.75) is 12.8 Å². The number of benzene rings is 1. The number of carbonyl (C=O) groups excluding carboxylic acids is 1. The van der Waals surface area contributed by atoms with Crippen molar-refractivity contribution in [2.24, 2.45) is 0 Å². The summed E-state index contributed by atoms with van der Waals surface area (Å²) in [5.41, 5.74) is 1.17. The van der Waals surface area contributed by atoms with Gasteiger partial charge in [-0.05, 0) is 24.1 Å². The Bertz CT molecular complexity index is 923. The number of aromatic amines is 1. The number of anilines is 2. The van der Waals surface area contributed by atoms with Crippen LogP contribution in [0.2, 0.25) is 0 Å². The van der Waals surface area contributed by atoms with E-state index in [0.717, 1.165) is 5.56 Å². The summed E-state index contributed by atoms with van der Waals surface area (Å²) >= 11 is 0. The van der Waals surface area contributed by atoms with Crippen molar-refractivity contribution >= 4 is 23.5 Å². The van der Waals surface area contributed by atoms with Crippen LogP contribution in [0.5, 0.6) is 0 Å². The third-order valence-electron chi connectivity index (χ3n) is 4.34. The van der Waals surface area contributed by atoms with Crippen LogP contribution < -0.4 is 21.1 Å². The third kappa shape index (κ3) is 6.32. The summed E-state index contributed by atoms with van der Waals surface area (Å²) in [6, 6.07) is 8.57. The number of nitrogens with one attached hydrogen (secondary N) is 3. The molecule has 0 bridgehead atoms. The van der Waals surface area contributed by atoms with E-state index < -0.39 is 6.09 Å². The van der Waals surface area contributed by atoms with Gasteiger partial charge in [-0.25, -0.2) is 9.78 Å². The van der Waals surface area contributed by atoms with Crippen LogP contribution in [0.25, 0.3) is 0 Å². The molecule has 3 rings (SSSR count). The van der Waals surface area contributed by atoms with Crippen LogP contribution in [0.3, 0.4) is 0 Å². The Morgan fingerprint density at radius 1 is 1.24 bits per heavy atom. The average molecular weight is 401 g/mol. The minimum atomic E-state index is -1.07. The van der Waals surface area contributed by atoms with E-state index in [9.17, 15) is 14.4 Å². The first-order valence-corrected chi connectivity index (χ1v) is 9.28. The molecule has 0 aliphatic carbocycles. The fourth-order valence-corrected chi connectivity index (χ4v) is 3.01. The number of nitrogens with zero attached hydrogens (tertiary/aromatic N) is 2. The Hall–Kier alpha value is -3.40. The number of carboxylic acid groups (broad SMARTS) is 1. The van der Waals surface area contributed by atoms with Gasteiger partial charge in [-0.3, -0.25) is 9.59 Å². The second-order valence-electron chi connectivity index (χ2n) is 6.56. The standard InChI is InChI=1S/C19H23N5O5/c25-17(21-14-3-1-2-13(10-14)4-5-20-19(27)28)11-15-22-16(12-18(26)23-15)24-6-8-29-9-7-24/h1-3,10,12,20H,4-9,11H2,(H,21,25)(H,27,28)(H,22,23,26). The summed E-state index contributed by atoms with van der Waals surface area (Å²) < 4.78 is 5.31. The van der Waals surface area contributed by atoms with E-state index in [1.807, 2.05) is 11.0 Å². The van der Waals surface area contributed by atoms with Crippen molar-refractivity contribution in [1.82, 2.24) is 15.3 Å². The normalized spacial score (nSPS) is 13.7. The van der Waals surface area contributed by atoms with E-state index in [1.165, 1.54) is 6.07 Å². The van der Waals surface area contributed by atoms with Gasteiger partial charge in [0.1, 0.15) is 11.6 Å². The molecule has 0 atom stereocenters. The van der Waals surface area contributed by atoms with E-state index in [2.05, 4.69) is 20.6 Å². The molecule has 2 aromatic rings. The van der Waals surface area contributed by atoms with Gasteiger partial charge in [-0.15, -0.1) is 0 Å². The molecular formula is C19H23N5O5. The fraction of sp³-hybridized carbons (Fsp3) is 0.368. The number of rotatable bonds is 7. The molecule has 0 unspecified atom stereocenters. The summed E-state index contributed by atoms with van der Waals surface area (Å²) in [7, 11) is 0. The third-order valence-corrected chi connectivity index (χ3v) is 4.34. The molecule has 1 saturated heterocycles. The van der Waals surface area contributed by atoms with Crippen molar-refractivity contribution in [1.29, 1.82) is 0 Å². The van der Waals surface area contributed by atoms with Gasteiger partial charge in [-0.1, -0.05) is 12.1 Å². The number of carbonyl (C=O) groups is 2. The van der Waals surface area contributed by atoms with Crippen LogP contribution in [0.15, 0.2) is 35.1 Å². The topological polar surface area (TPSA) is 137 Å². The Labute approximate surface area is 166 Å². The molecule has 1 aliphatic heterocycles. The van der Waals surface area contributed by atoms with Crippen molar-refractivity contribution in [3.63, 3.8) is 0 Å². The molecule has 1 aliphatic rings. The van der Waals surface area contributed by atoms with Gasteiger partial charge in [0, 0.05) is 31.4 Å². The highest BCUT2D eigenvalue weighted by molar-refractivity contribution is 5.91. The smallest absolute Gasteiger partial charge is 0.404 e. The van der Waals surface area contributed by atoms with Gasteiger partial charge in [0.05, 0.1) is 19.6 Å². The predicted molar refractivity (Wildman–Crippen MR) is 106 cm³/mol. The van der Waals surface area contributed by atoms with Crippen LogP contribution >= 0.6 is 0 Å². The maximum absolute atomic E-state index is 12.4. The minimum absolute atomic E-state index is 0.0712. The van der Waals surface area contributed by atoms with E-state index in [4.69, 9.17) is 9.84 Å². The number of H-pyrrole nitrogens is 1. The summed E-state index contributed by atoms with van der Waals surface area (Å²) in [4.78, 5) is 43.8. The molecule has 154 valence electrons. The molecule has 1 fully saturated rings. The zero-order valence-electron chi connectivity index (χ0n) is 15.8. The summed E-state index contributed by atoms with van der Waals surface area (Å²) in [6.07, 6.45) is -0.639. The molecule has 0 spiro atoms. The lowest BCUT2D eigenvalue weighted by atomic mass is 10.1. The minimum Gasteiger partial charge on any atom is -0.465 e. The van der Waals surface area contributed by atoms with E-state index in [0.29, 0.717) is 50.1 Å². The molecule has 0 radical (unpaired) electrons. The SMILES string of the molecule is O=C(O)NCCc1cccc(NC(=O)Cc2nc(N3CCOCC3)cc(=O)[nH]2)c1. The maximum Gasteiger partial charge on any atom is 0.404 e. The first kappa shape index (κ1) is 20.3. The van der Waals surface area contributed by atoms with Crippen LogP contribution in [0.1, 0.15) is 11.4 Å². The maximum atomic E-state index is 12.4. The Morgan fingerprint density at radius 3 is 2.79 bits per heavy atom. The largest absolute Gasteiger partial charge is 0.465 e. The Kier molecular flexibility index (Phi) is 6.80. The van der Waals surface area contributed by atoms with Crippen LogP contribution in [0, 0.1) is 0 Å². The number of ether oxygens (including phenoxy) is 1. The lowest BCUT2D eigenvalue weighted by molar-refractivity contribution is -0.115. The Balaban J connectivity index is 1.61. The number of hydrogen-bond acceptors (Lipinski definition) is 6. The first-order chi connectivity index (χ1) is 14.0. The molecule has 10 heteroatoms. The molecule has 0 saturated carbocycles. The van der Waals surface area contributed by atoms with Gasteiger partial charge < -0.3 is 30.4 Å². The molecular weight excluding hydrogens is 378 g/mol. The molecule has 2 amide bonds. The lowest BCUT2D eigenvalue weighted by Crippen LogP contribution is -2.37. The van der Waals surface area contributed by atoms with Crippen molar-refractivity contribution in [3.05, 3.63) is 52.1 Å². The van der Waals surface area contributed by atoms with Gasteiger partial charge >= 0.3 is 6.09 Å². The highest BCUT2D eigenvalue weighted by Gasteiger charge is 2.15. The molecule has 29 heavy (non-hydrogen) atoms. The van der Waals surface area contributed by atoms with Gasteiger partial charge in [0.2, 0.25) is 5.91 Å². The monoisotopic (exact) mass is 401 g/mol. The van der Waals surface area contributed by atoms with Gasteiger partial charge in [-0.2, -0.15) is 0 Å². The number of morpholine rings is 1. The van der Waals surface area contributed by atoms with Crippen molar-refractivity contribution in [3.8, 4) is 0 Å². The van der Waals surface area contributed by atoms with E-state index in [-0.39, 0.29) is 24.4 Å². The zero-order chi connectivity index (χ0) is 20.6. The highest BCUT2D eigenvalue weighted by Crippen LogP contribution is 2.13. The number of hydrogen-bond donors (Lipinski definition) is 4. The summed E-state index contributed by atoms with van der Waals surface area (Å²) in [5, 5.41) is 13.7. The lowest BCUT2D eigenvalue weighted by Gasteiger charge is -2.27. The van der Waals surface area contributed by atoms with E-state index in [1.54, 1.807) is 18.2 Å². The van der Waals surface area contributed by atoms with Gasteiger partial charge in [0.25, 0.3) is 5.56 Å². The predicted octanol–water partition coefficient (Wildman–Crippen LogP) is 0.598. The molecule has 2 heterocycles. The number of amides is 2. The highest BCUT2D eigenvalue weighted by atomic mass is 16.5. The molecule has 1 aromatic heterocycles. The summed E-state index contributed by atoms with van der Waals surface area (Å²) in [5.74, 6) is 0.513. The first-order valence-electron chi connectivity index (χ1n) is 9.28. The van der Waals surface area contributed by atoms with Crippen molar-refractivity contribution in [2.75, 3.05) is 43.1 Å². The second kappa shape index (κ2) is 9.69. The molecule has 10 nitrogen and oxygen atoms in total. The zero-order valence-corrected chi connectivity index (χ0v) is 15.8. The van der Waals surface area contributed by atoms with Crippen molar-refractivity contribution < 1.29 is 19.4 Å². The molecule has 1 aromatic carbocycles. The van der Waals surface area contributed by atoms with Crippen LogP contribution in [0.4, 0.5) is 16.3 Å². The molecule has 4 N–H and O–H groups in total. The fourth-order valence-electron chi connectivity index (χ4n) is 3.01. The van der Waals surface area contributed by atoms with E-state index >= 15 is 0 Å². The Morgan fingerprint density at radius 2 is 2.03 bits per heavy atom. The summed E-state index contributed by atoms with van der Waals surface area (Å²) in [6.45, 7) is 2.72. The van der Waals surface area contributed by atoms with Crippen LogP contribution in [-0.4, -0.2) is 59.9 Å². The second-order valence-corrected chi connectivity index (χ2v) is 6.56. The quantitative estimate of drug-likeness (QED) is 0.533. The van der Waals surface area contributed by atoms with Crippen LogP contribution in [-0.2, 0) is 22.4 Å². The number of aromatic nitrogens is 2. The van der Waals surface area contributed by atoms with Gasteiger partial charge in [0.15, 0.2) is 0 Å².